The minimum Gasteiger partial charge on any atom is -0.493 e. The lowest BCUT2D eigenvalue weighted by Gasteiger charge is -2.14. The van der Waals surface area contributed by atoms with E-state index in [0.29, 0.717) is 33.5 Å². The fraction of sp³-hybridized carbons (Fsp3) is 0.148. The third kappa shape index (κ3) is 4.26. The number of nitrogens with zero attached hydrogens (tertiary/aromatic N) is 2. The number of halogens is 2. The third-order valence-corrected chi connectivity index (χ3v) is 6.42. The first-order valence-corrected chi connectivity index (χ1v) is 11.8. The highest BCUT2D eigenvalue weighted by Gasteiger charge is 2.19. The molecule has 0 amide bonds. The van der Waals surface area contributed by atoms with Gasteiger partial charge in [0.15, 0.2) is 16.9 Å². The minimum absolute atomic E-state index is 0.0680. The molecule has 2 aromatic heterocycles. The highest BCUT2D eigenvalue weighted by molar-refractivity contribution is 9.10. The Morgan fingerprint density at radius 3 is 2.44 bits per heavy atom. The van der Waals surface area contributed by atoms with E-state index < -0.39 is 16.8 Å². The number of benzene rings is 3. The summed E-state index contributed by atoms with van der Waals surface area (Å²) in [5, 5.41) is 0.135. The van der Waals surface area contributed by atoms with Crippen molar-refractivity contribution in [3.8, 4) is 22.9 Å². The topological polar surface area (TPSA) is 83.6 Å². The SMILES string of the molecule is COc1ccc(CCn2c(-c3ccc(F)cc3)nc3oc4ccc(Br)cc4c(=O)c3c2=O)cc1OC. The number of rotatable bonds is 6. The molecule has 0 fully saturated rings. The Balaban J connectivity index is 1.70. The first kappa shape index (κ1) is 23.7. The van der Waals surface area contributed by atoms with Crippen LogP contribution in [0.25, 0.3) is 33.5 Å². The molecule has 5 aromatic rings. The second-order valence-corrected chi connectivity index (χ2v) is 9.01. The highest BCUT2D eigenvalue weighted by Crippen LogP contribution is 2.28. The zero-order valence-electron chi connectivity index (χ0n) is 19.4. The van der Waals surface area contributed by atoms with E-state index in [2.05, 4.69) is 20.9 Å². The lowest BCUT2D eigenvalue weighted by Crippen LogP contribution is -2.28. The molecule has 0 unspecified atom stereocenters. The number of ether oxygens (including phenoxy) is 2. The quantitative estimate of drug-likeness (QED) is 0.266. The number of fused-ring (bicyclic) bond motifs is 2. The van der Waals surface area contributed by atoms with Crippen molar-refractivity contribution < 1.29 is 18.3 Å². The van der Waals surface area contributed by atoms with Crippen LogP contribution >= 0.6 is 15.9 Å². The Morgan fingerprint density at radius 2 is 1.72 bits per heavy atom. The first-order valence-electron chi connectivity index (χ1n) is 11.0. The molecule has 0 spiro atoms. The molecule has 0 aliphatic rings. The Morgan fingerprint density at radius 1 is 0.972 bits per heavy atom. The van der Waals surface area contributed by atoms with Crippen molar-refractivity contribution in [2.75, 3.05) is 14.2 Å². The van der Waals surface area contributed by atoms with Gasteiger partial charge in [0, 0.05) is 16.6 Å². The number of aromatic nitrogens is 2. The van der Waals surface area contributed by atoms with Gasteiger partial charge in [-0.2, -0.15) is 4.98 Å². The van der Waals surface area contributed by atoms with Crippen molar-refractivity contribution in [3.05, 3.63) is 97.1 Å². The molecule has 2 heterocycles. The van der Waals surface area contributed by atoms with E-state index in [1.807, 2.05) is 12.1 Å². The van der Waals surface area contributed by atoms with Gasteiger partial charge in [-0.25, -0.2) is 4.39 Å². The normalized spacial score (nSPS) is 11.2. The fourth-order valence-corrected chi connectivity index (χ4v) is 4.48. The van der Waals surface area contributed by atoms with Gasteiger partial charge in [0.2, 0.25) is 11.1 Å². The summed E-state index contributed by atoms with van der Waals surface area (Å²) >= 11 is 3.36. The molecule has 0 atom stereocenters. The molecule has 0 saturated carbocycles. The zero-order chi connectivity index (χ0) is 25.4. The number of methoxy groups -OCH3 is 2. The maximum absolute atomic E-state index is 13.7. The summed E-state index contributed by atoms with van der Waals surface area (Å²) in [6.45, 7) is 0.208. The van der Waals surface area contributed by atoms with Gasteiger partial charge in [-0.3, -0.25) is 14.2 Å². The highest BCUT2D eigenvalue weighted by atomic mass is 79.9. The Hall–Kier alpha value is -3.98. The van der Waals surface area contributed by atoms with Crippen LogP contribution in [0.15, 0.2) is 79.1 Å². The van der Waals surface area contributed by atoms with E-state index in [4.69, 9.17) is 13.9 Å². The molecular weight excluding hydrogens is 531 g/mol. The molecule has 0 aliphatic heterocycles. The van der Waals surface area contributed by atoms with Crippen molar-refractivity contribution in [2.24, 2.45) is 0 Å². The zero-order valence-corrected chi connectivity index (χ0v) is 21.0. The second-order valence-electron chi connectivity index (χ2n) is 8.09. The van der Waals surface area contributed by atoms with Gasteiger partial charge in [0.25, 0.3) is 5.56 Å². The summed E-state index contributed by atoms with van der Waals surface area (Å²) in [7, 11) is 3.11. The van der Waals surface area contributed by atoms with Crippen LogP contribution in [0.1, 0.15) is 5.56 Å². The van der Waals surface area contributed by atoms with Gasteiger partial charge < -0.3 is 13.9 Å². The minimum atomic E-state index is -0.532. The van der Waals surface area contributed by atoms with E-state index in [0.717, 1.165) is 5.56 Å². The van der Waals surface area contributed by atoms with Crippen LogP contribution in [0, 0.1) is 5.82 Å². The van der Waals surface area contributed by atoms with Crippen LogP contribution in [0.5, 0.6) is 11.5 Å². The van der Waals surface area contributed by atoms with Gasteiger partial charge in [-0.15, -0.1) is 0 Å². The second kappa shape index (κ2) is 9.58. The summed E-state index contributed by atoms with van der Waals surface area (Å²) in [5.41, 5.74) is 0.656. The predicted molar refractivity (Wildman–Crippen MR) is 138 cm³/mol. The summed E-state index contributed by atoms with van der Waals surface area (Å²) in [6, 6.07) is 16.1. The molecule has 0 aliphatic carbocycles. The average molecular weight is 551 g/mol. The van der Waals surface area contributed by atoms with Gasteiger partial charge in [0.05, 0.1) is 19.6 Å². The lowest BCUT2D eigenvalue weighted by molar-refractivity contribution is 0.354. The molecular formula is C27H20BrFN2O5. The largest absolute Gasteiger partial charge is 0.493 e. The molecule has 9 heteroatoms. The fourth-order valence-electron chi connectivity index (χ4n) is 4.11. The van der Waals surface area contributed by atoms with Gasteiger partial charge >= 0.3 is 0 Å². The van der Waals surface area contributed by atoms with E-state index in [9.17, 15) is 14.0 Å². The summed E-state index contributed by atoms with van der Waals surface area (Å²) in [6.07, 6.45) is 0.437. The Labute approximate surface area is 212 Å². The van der Waals surface area contributed by atoms with Crippen LogP contribution in [-0.4, -0.2) is 23.8 Å². The van der Waals surface area contributed by atoms with E-state index >= 15 is 0 Å². The molecule has 5 rings (SSSR count). The molecule has 0 N–H and O–H groups in total. The van der Waals surface area contributed by atoms with Gasteiger partial charge in [-0.1, -0.05) is 22.0 Å². The van der Waals surface area contributed by atoms with E-state index in [-0.39, 0.29) is 28.9 Å². The summed E-state index contributed by atoms with van der Waals surface area (Å²) < 4.78 is 32.3. The molecule has 0 radical (unpaired) electrons. The molecule has 0 bridgehead atoms. The van der Waals surface area contributed by atoms with Gasteiger partial charge in [0.1, 0.15) is 17.2 Å². The van der Waals surface area contributed by atoms with Crippen molar-refractivity contribution in [1.29, 1.82) is 0 Å². The average Bonchev–Trinajstić information content (AvgIpc) is 2.88. The predicted octanol–water partition coefficient (Wildman–Crippen LogP) is 5.33. The van der Waals surface area contributed by atoms with E-state index in [1.165, 1.54) is 28.8 Å². The standard InChI is InChI=1S/C27H20BrFN2O5/c1-34-21-9-3-15(13-22(21)35-2)11-12-31-25(16-4-7-18(29)8-5-16)30-26-23(27(31)33)24(32)19-14-17(28)6-10-20(19)36-26/h3-10,13-14H,11-12H2,1-2H3. The molecule has 7 nitrogen and oxygen atoms in total. The van der Waals surface area contributed by atoms with Gasteiger partial charge in [-0.05, 0) is 66.6 Å². The Kier molecular flexibility index (Phi) is 6.32. The van der Waals surface area contributed by atoms with Crippen LogP contribution in [0.2, 0.25) is 0 Å². The molecule has 0 saturated heterocycles. The summed E-state index contributed by atoms with van der Waals surface area (Å²) in [5.74, 6) is 1.01. The number of hydrogen-bond acceptors (Lipinski definition) is 6. The van der Waals surface area contributed by atoms with Crippen molar-refractivity contribution in [3.63, 3.8) is 0 Å². The van der Waals surface area contributed by atoms with Crippen LogP contribution in [0.4, 0.5) is 4.39 Å². The Bertz CT molecular complexity index is 1730. The van der Waals surface area contributed by atoms with Crippen molar-refractivity contribution in [1.82, 2.24) is 9.55 Å². The first-order chi connectivity index (χ1) is 17.4. The number of aryl methyl sites for hydroxylation is 1. The lowest BCUT2D eigenvalue weighted by atomic mass is 10.1. The summed E-state index contributed by atoms with van der Waals surface area (Å²) in [4.78, 5) is 31.6. The maximum Gasteiger partial charge on any atom is 0.269 e. The van der Waals surface area contributed by atoms with Crippen LogP contribution in [0.3, 0.4) is 0 Å². The number of hydrogen-bond donors (Lipinski definition) is 0. The van der Waals surface area contributed by atoms with Crippen molar-refractivity contribution >= 4 is 38.0 Å². The molecule has 182 valence electrons. The molecule has 3 aromatic carbocycles. The molecule has 36 heavy (non-hydrogen) atoms. The monoisotopic (exact) mass is 550 g/mol. The van der Waals surface area contributed by atoms with E-state index in [1.54, 1.807) is 38.5 Å². The van der Waals surface area contributed by atoms with Crippen LogP contribution < -0.4 is 20.5 Å². The smallest absolute Gasteiger partial charge is 0.269 e. The van der Waals surface area contributed by atoms with Crippen LogP contribution in [-0.2, 0) is 13.0 Å². The van der Waals surface area contributed by atoms with Crippen molar-refractivity contribution in [2.45, 2.75) is 13.0 Å². The third-order valence-electron chi connectivity index (χ3n) is 5.93. The maximum atomic E-state index is 13.7.